The first-order chi connectivity index (χ1) is 11.0. The summed E-state index contributed by atoms with van der Waals surface area (Å²) in [6, 6.07) is 7.82. The van der Waals surface area contributed by atoms with Crippen molar-refractivity contribution in [1.82, 2.24) is 20.3 Å². The molecule has 2 heterocycles. The lowest BCUT2D eigenvalue weighted by molar-refractivity contribution is -0.384. The Morgan fingerprint density at radius 1 is 1.39 bits per heavy atom. The fourth-order valence-corrected chi connectivity index (χ4v) is 2.33. The number of nitro benzene ring substituents is 1. The molecule has 0 radical (unpaired) electrons. The summed E-state index contributed by atoms with van der Waals surface area (Å²) in [5.74, 6) is 1.02. The van der Waals surface area contributed by atoms with Gasteiger partial charge in [0.15, 0.2) is 0 Å². The number of nitrogen functional groups attached to an aromatic ring is 1. The lowest BCUT2D eigenvalue weighted by Gasteiger charge is -2.00. The van der Waals surface area contributed by atoms with Crippen molar-refractivity contribution in [3.63, 3.8) is 0 Å². The van der Waals surface area contributed by atoms with Crippen LogP contribution in [0.15, 0.2) is 44.3 Å². The molecular formula is C12H8BrN7O3. The molecule has 11 heteroatoms. The molecule has 116 valence electrons. The molecule has 0 atom stereocenters. The first-order valence-electron chi connectivity index (χ1n) is 6.17. The van der Waals surface area contributed by atoms with Crippen molar-refractivity contribution in [2.45, 2.75) is 0 Å². The maximum Gasteiger partial charge on any atom is 0.270 e. The van der Waals surface area contributed by atoms with Gasteiger partial charge < -0.3 is 10.2 Å². The molecule has 2 N–H and O–H groups in total. The van der Waals surface area contributed by atoms with Gasteiger partial charge in [-0.25, -0.2) is 0 Å². The maximum absolute atomic E-state index is 10.7. The average Bonchev–Trinajstić information content (AvgIpc) is 3.14. The van der Waals surface area contributed by atoms with E-state index in [2.05, 4.69) is 36.6 Å². The number of tetrazole rings is 1. The summed E-state index contributed by atoms with van der Waals surface area (Å²) in [7, 11) is 0. The van der Waals surface area contributed by atoms with Crippen molar-refractivity contribution in [1.29, 1.82) is 0 Å². The van der Waals surface area contributed by atoms with Crippen LogP contribution in [0.5, 0.6) is 0 Å². The second-order valence-electron chi connectivity index (χ2n) is 4.29. The van der Waals surface area contributed by atoms with E-state index in [-0.39, 0.29) is 11.6 Å². The Hall–Kier alpha value is -3.08. The summed E-state index contributed by atoms with van der Waals surface area (Å²) in [4.78, 5) is 11.3. The number of benzene rings is 1. The van der Waals surface area contributed by atoms with Gasteiger partial charge in [0.05, 0.1) is 11.1 Å². The van der Waals surface area contributed by atoms with E-state index in [0.29, 0.717) is 21.6 Å². The Morgan fingerprint density at radius 3 is 2.87 bits per heavy atom. The molecule has 0 aliphatic carbocycles. The topological polar surface area (TPSA) is 138 Å². The van der Waals surface area contributed by atoms with Crippen LogP contribution in [0.2, 0.25) is 0 Å². The number of hydrogen-bond acceptors (Lipinski definition) is 8. The highest BCUT2D eigenvalue weighted by molar-refractivity contribution is 9.10. The molecule has 0 aliphatic rings. The predicted octanol–water partition coefficient (Wildman–Crippen LogP) is 2.07. The molecule has 3 rings (SSSR count). The zero-order valence-electron chi connectivity index (χ0n) is 11.3. The highest BCUT2D eigenvalue weighted by Gasteiger charge is 2.13. The van der Waals surface area contributed by atoms with Crippen LogP contribution in [0, 0.1) is 10.1 Å². The van der Waals surface area contributed by atoms with E-state index in [1.165, 1.54) is 18.3 Å². The fourth-order valence-electron chi connectivity index (χ4n) is 1.77. The second-order valence-corrected chi connectivity index (χ2v) is 5.15. The SMILES string of the molecule is Nc1nnnn1N=Cc1ccc(-c2ccc([N+](=O)[O-])cc2Br)o1. The molecule has 0 amide bonds. The number of halogens is 1. The zero-order chi connectivity index (χ0) is 16.4. The quantitative estimate of drug-likeness (QED) is 0.417. The minimum Gasteiger partial charge on any atom is -0.455 e. The molecule has 0 fully saturated rings. The highest BCUT2D eigenvalue weighted by atomic mass is 79.9. The fraction of sp³-hybridized carbons (Fsp3) is 0. The van der Waals surface area contributed by atoms with Crippen molar-refractivity contribution in [3.05, 3.63) is 50.7 Å². The van der Waals surface area contributed by atoms with Gasteiger partial charge >= 0.3 is 0 Å². The molecule has 0 spiro atoms. The van der Waals surface area contributed by atoms with Crippen LogP contribution in [-0.2, 0) is 0 Å². The van der Waals surface area contributed by atoms with Crippen molar-refractivity contribution in [2.24, 2.45) is 5.10 Å². The summed E-state index contributed by atoms with van der Waals surface area (Å²) in [6.07, 6.45) is 1.40. The molecule has 0 saturated heterocycles. The second kappa shape index (κ2) is 5.96. The number of nitrogens with zero attached hydrogens (tertiary/aromatic N) is 6. The Labute approximate surface area is 136 Å². The van der Waals surface area contributed by atoms with Crippen LogP contribution in [0.4, 0.5) is 11.6 Å². The van der Waals surface area contributed by atoms with Crippen LogP contribution < -0.4 is 5.73 Å². The maximum atomic E-state index is 10.7. The summed E-state index contributed by atoms with van der Waals surface area (Å²) in [6.45, 7) is 0. The van der Waals surface area contributed by atoms with E-state index >= 15 is 0 Å². The van der Waals surface area contributed by atoms with Gasteiger partial charge in [-0.15, -0.1) is 0 Å². The largest absolute Gasteiger partial charge is 0.455 e. The number of rotatable bonds is 4. The number of anilines is 1. The predicted molar refractivity (Wildman–Crippen MR) is 83.7 cm³/mol. The van der Waals surface area contributed by atoms with Gasteiger partial charge in [0, 0.05) is 22.2 Å². The van der Waals surface area contributed by atoms with Gasteiger partial charge in [0.2, 0.25) is 0 Å². The highest BCUT2D eigenvalue weighted by Crippen LogP contribution is 2.32. The molecule has 10 nitrogen and oxygen atoms in total. The van der Waals surface area contributed by atoms with Gasteiger partial charge in [-0.3, -0.25) is 10.1 Å². The van der Waals surface area contributed by atoms with Crippen LogP contribution in [-0.4, -0.2) is 31.5 Å². The van der Waals surface area contributed by atoms with Crippen LogP contribution in [0.3, 0.4) is 0 Å². The normalized spacial score (nSPS) is 11.2. The standard InChI is InChI=1S/C12H8BrN7O3/c13-10-5-7(20(21)22)1-3-9(10)11-4-2-8(23-11)6-15-19-12(14)16-17-18-19/h1-6H,(H2,14,16,18). The third kappa shape index (κ3) is 3.08. The zero-order valence-corrected chi connectivity index (χ0v) is 12.9. The number of nitro groups is 1. The average molecular weight is 378 g/mol. The minimum absolute atomic E-state index is 0.0110. The lowest BCUT2D eigenvalue weighted by Crippen LogP contribution is -1.99. The number of hydrogen-bond donors (Lipinski definition) is 1. The third-order valence-corrected chi connectivity index (χ3v) is 3.48. The van der Waals surface area contributed by atoms with Crippen molar-refractivity contribution in [2.75, 3.05) is 5.73 Å². The number of furan rings is 1. The molecule has 0 aliphatic heterocycles. The summed E-state index contributed by atoms with van der Waals surface area (Å²) < 4.78 is 6.17. The van der Waals surface area contributed by atoms with E-state index in [1.54, 1.807) is 18.2 Å². The smallest absolute Gasteiger partial charge is 0.270 e. The Bertz CT molecular complexity index is 902. The molecule has 3 aromatic rings. The van der Waals surface area contributed by atoms with E-state index in [4.69, 9.17) is 10.2 Å². The van der Waals surface area contributed by atoms with Gasteiger partial charge in [-0.2, -0.15) is 5.10 Å². The van der Waals surface area contributed by atoms with Crippen molar-refractivity contribution < 1.29 is 9.34 Å². The van der Waals surface area contributed by atoms with Crippen LogP contribution >= 0.6 is 15.9 Å². The van der Waals surface area contributed by atoms with E-state index in [1.807, 2.05) is 0 Å². The Morgan fingerprint density at radius 2 is 2.22 bits per heavy atom. The van der Waals surface area contributed by atoms with Crippen LogP contribution in [0.25, 0.3) is 11.3 Å². The Kier molecular flexibility index (Phi) is 3.85. The molecule has 0 saturated carbocycles. The molecule has 0 bridgehead atoms. The first kappa shape index (κ1) is 14.8. The summed E-state index contributed by atoms with van der Waals surface area (Å²) in [5.41, 5.74) is 6.15. The van der Waals surface area contributed by atoms with Gasteiger partial charge in [0.1, 0.15) is 11.5 Å². The number of non-ortho nitro benzene ring substituents is 1. The number of aromatic nitrogens is 4. The third-order valence-electron chi connectivity index (χ3n) is 2.83. The first-order valence-corrected chi connectivity index (χ1v) is 6.96. The monoisotopic (exact) mass is 377 g/mol. The Balaban J connectivity index is 1.86. The summed E-state index contributed by atoms with van der Waals surface area (Å²) >= 11 is 3.30. The molecular weight excluding hydrogens is 370 g/mol. The molecule has 1 aromatic carbocycles. The van der Waals surface area contributed by atoms with Crippen molar-refractivity contribution in [3.8, 4) is 11.3 Å². The van der Waals surface area contributed by atoms with Gasteiger partial charge in [-0.05, 0) is 44.6 Å². The molecule has 0 unspecified atom stereocenters. The minimum atomic E-state index is -0.467. The van der Waals surface area contributed by atoms with E-state index < -0.39 is 4.92 Å². The van der Waals surface area contributed by atoms with Gasteiger partial charge in [0.25, 0.3) is 11.6 Å². The number of nitrogens with two attached hydrogens (primary N) is 1. The lowest BCUT2D eigenvalue weighted by atomic mass is 10.1. The van der Waals surface area contributed by atoms with Crippen molar-refractivity contribution >= 4 is 33.8 Å². The van der Waals surface area contributed by atoms with Gasteiger partial charge in [-0.1, -0.05) is 9.89 Å². The van der Waals surface area contributed by atoms with E-state index in [0.717, 1.165) is 4.79 Å². The van der Waals surface area contributed by atoms with Crippen LogP contribution in [0.1, 0.15) is 5.76 Å². The van der Waals surface area contributed by atoms with E-state index in [9.17, 15) is 10.1 Å². The summed E-state index contributed by atoms with van der Waals surface area (Å²) in [5, 5.41) is 25.1. The molecule has 23 heavy (non-hydrogen) atoms. The molecule has 2 aromatic heterocycles.